The highest BCUT2D eigenvalue weighted by atomic mass is 32.2. The summed E-state index contributed by atoms with van der Waals surface area (Å²) in [7, 11) is -0.498. The van der Waals surface area contributed by atoms with Crippen molar-refractivity contribution in [1.82, 2.24) is 0 Å². The number of amides is 1. The monoisotopic (exact) mass is 346 g/mol. The molecule has 0 unspecified atom stereocenters. The van der Waals surface area contributed by atoms with Gasteiger partial charge in [0.05, 0.1) is 12.0 Å². The average molecular weight is 346 g/mol. The van der Waals surface area contributed by atoms with Gasteiger partial charge in [0.1, 0.15) is 5.75 Å². The largest absolute Gasteiger partial charge is 0.497 e. The Bertz CT molecular complexity index is 893. The van der Waals surface area contributed by atoms with Gasteiger partial charge in [0.25, 0.3) is 10.0 Å². The average Bonchev–Trinajstić information content (AvgIpc) is 2.58. The van der Waals surface area contributed by atoms with Crippen molar-refractivity contribution in [3.05, 3.63) is 48.0 Å². The number of benzene rings is 2. The summed E-state index contributed by atoms with van der Waals surface area (Å²) >= 11 is 0. The Hall–Kier alpha value is -2.54. The second-order valence-electron chi connectivity index (χ2n) is 5.58. The summed E-state index contributed by atoms with van der Waals surface area (Å²) in [6, 6.07) is 11.5. The van der Waals surface area contributed by atoms with Crippen LogP contribution in [0.1, 0.15) is 12.0 Å². The maximum Gasteiger partial charge on any atom is 0.262 e. The predicted octanol–water partition coefficient (Wildman–Crippen LogP) is 2.41. The van der Waals surface area contributed by atoms with Crippen LogP contribution in [-0.2, 0) is 21.2 Å². The SMILES string of the molecule is COc1cccc(S(=O)(=O)Nc2ccc3c(c2)CCC(=O)N3C)c1. The molecule has 2 aromatic rings. The first-order valence-corrected chi connectivity index (χ1v) is 8.95. The van der Waals surface area contributed by atoms with Gasteiger partial charge in [-0.05, 0) is 42.3 Å². The number of hydrogen-bond donors (Lipinski definition) is 1. The number of methoxy groups -OCH3 is 1. The van der Waals surface area contributed by atoms with E-state index in [9.17, 15) is 13.2 Å². The Kier molecular flexibility index (Phi) is 4.19. The van der Waals surface area contributed by atoms with Gasteiger partial charge in [0, 0.05) is 30.9 Å². The van der Waals surface area contributed by atoms with Crippen molar-refractivity contribution >= 4 is 27.3 Å². The van der Waals surface area contributed by atoms with Crippen LogP contribution in [0, 0.1) is 0 Å². The first-order chi connectivity index (χ1) is 11.4. The van der Waals surface area contributed by atoms with Crippen molar-refractivity contribution in [1.29, 1.82) is 0 Å². The van der Waals surface area contributed by atoms with E-state index in [1.165, 1.54) is 19.2 Å². The zero-order valence-electron chi connectivity index (χ0n) is 13.4. The van der Waals surface area contributed by atoms with Gasteiger partial charge < -0.3 is 9.64 Å². The molecule has 0 aliphatic carbocycles. The Morgan fingerprint density at radius 2 is 1.92 bits per heavy atom. The van der Waals surface area contributed by atoms with E-state index in [1.807, 2.05) is 0 Å². The van der Waals surface area contributed by atoms with Crippen molar-refractivity contribution < 1.29 is 17.9 Å². The number of nitrogens with one attached hydrogen (secondary N) is 1. The van der Waals surface area contributed by atoms with Crippen LogP contribution in [0.25, 0.3) is 0 Å². The molecular weight excluding hydrogens is 328 g/mol. The van der Waals surface area contributed by atoms with Gasteiger partial charge in [0.15, 0.2) is 0 Å². The summed E-state index contributed by atoms with van der Waals surface area (Å²) in [5, 5.41) is 0. The standard InChI is InChI=1S/C17H18N2O4S/c1-19-16-8-7-13(10-12(16)6-9-17(19)20)18-24(21,22)15-5-3-4-14(11-15)23-2/h3-5,7-8,10-11,18H,6,9H2,1-2H3. The van der Waals surface area contributed by atoms with E-state index in [1.54, 1.807) is 42.3 Å². The zero-order valence-corrected chi connectivity index (χ0v) is 14.3. The maximum absolute atomic E-state index is 12.5. The minimum absolute atomic E-state index is 0.0622. The third-order valence-electron chi connectivity index (χ3n) is 4.03. The fourth-order valence-corrected chi connectivity index (χ4v) is 3.79. The number of ether oxygens (including phenoxy) is 1. The van der Waals surface area contributed by atoms with Gasteiger partial charge in [-0.2, -0.15) is 0 Å². The van der Waals surface area contributed by atoms with E-state index in [0.29, 0.717) is 24.3 Å². The fourth-order valence-electron chi connectivity index (χ4n) is 2.70. The van der Waals surface area contributed by atoms with E-state index in [-0.39, 0.29) is 10.8 Å². The highest BCUT2D eigenvalue weighted by molar-refractivity contribution is 7.92. The number of sulfonamides is 1. The second kappa shape index (κ2) is 6.16. The number of hydrogen-bond acceptors (Lipinski definition) is 4. The van der Waals surface area contributed by atoms with E-state index < -0.39 is 10.0 Å². The van der Waals surface area contributed by atoms with E-state index >= 15 is 0 Å². The van der Waals surface area contributed by atoms with Crippen LogP contribution in [0.2, 0.25) is 0 Å². The lowest BCUT2D eigenvalue weighted by molar-refractivity contribution is -0.118. The summed E-state index contributed by atoms with van der Waals surface area (Å²) < 4.78 is 32.7. The molecule has 1 aliphatic rings. The van der Waals surface area contributed by atoms with Crippen LogP contribution in [0.4, 0.5) is 11.4 Å². The van der Waals surface area contributed by atoms with Crippen LogP contribution in [0.5, 0.6) is 5.75 Å². The van der Waals surface area contributed by atoms with Crippen molar-refractivity contribution in [2.75, 3.05) is 23.8 Å². The molecule has 1 N–H and O–H groups in total. The smallest absolute Gasteiger partial charge is 0.262 e. The van der Waals surface area contributed by atoms with Crippen LogP contribution >= 0.6 is 0 Å². The Balaban J connectivity index is 1.89. The Morgan fingerprint density at radius 1 is 1.12 bits per heavy atom. The van der Waals surface area contributed by atoms with Gasteiger partial charge in [0.2, 0.25) is 5.91 Å². The number of anilines is 2. The number of carbonyl (C=O) groups is 1. The lowest BCUT2D eigenvalue weighted by Crippen LogP contribution is -2.31. The first kappa shape index (κ1) is 16.3. The molecule has 126 valence electrons. The number of nitrogens with zero attached hydrogens (tertiary/aromatic N) is 1. The predicted molar refractivity (Wildman–Crippen MR) is 92.0 cm³/mol. The molecule has 1 heterocycles. The lowest BCUT2D eigenvalue weighted by atomic mass is 10.0. The summed E-state index contributed by atoms with van der Waals surface area (Å²) in [6.45, 7) is 0. The molecule has 24 heavy (non-hydrogen) atoms. The molecule has 0 radical (unpaired) electrons. The minimum Gasteiger partial charge on any atom is -0.497 e. The van der Waals surface area contributed by atoms with Gasteiger partial charge in [-0.3, -0.25) is 9.52 Å². The normalized spacial score (nSPS) is 14.2. The molecule has 0 saturated heterocycles. The molecule has 3 rings (SSSR count). The molecule has 0 spiro atoms. The molecule has 0 bridgehead atoms. The van der Waals surface area contributed by atoms with Crippen molar-refractivity contribution in [2.24, 2.45) is 0 Å². The van der Waals surface area contributed by atoms with Gasteiger partial charge >= 0.3 is 0 Å². The summed E-state index contributed by atoms with van der Waals surface area (Å²) in [4.78, 5) is 13.4. The van der Waals surface area contributed by atoms with E-state index in [4.69, 9.17) is 4.74 Å². The number of fused-ring (bicyclic) bond motifs is 1. The van der Waals surface area contributed by atoms with Crippen LogP contribution in [0.15, 0.2) is 47.4 Å². The van der Waals surface area contributed by atoms with Crippen LogP contribution < -0.4 is 14.4 Å². The number of carbonyl (C=O) groups excluding carboxylic acids is 1. The summed E-state index contributed by atoms with van der Waals surface area (Å²) in [5.74, 6) is 0.538. The highest BCUT2D eigenvalue weighted by Gasteiger charge is 2.22. The van der Waals surface area contributed by atoms with Crippen molar-refractivity contribution in [3.63, 3.8) is 0 Å². The molecule has 1 aliphatic heterocycles. The summed E-state index contributed by atoms with van der Waals surface area (Å²) in [5.41, 5.74) is 2.23. The molecule has 0 fully saturated rings. The summed E-state index contributed by atoms with van der Waals surface area (Å²) in [6.07, 6.45) is 1.03. The fraction of sp³-hybridized carbons (Fsp3) is 0.235. The van der Waals surface area contributed by atoms with Crippen LogP contribution in [-0.4, -0.2) is 28.5 Å². The minimum atomic E-state index is -3.71. The van der Waals surface area contributed by atoms with Gasteiger partial charge in [-0.25, -0.2) is 8.42 Å². The number of aryl methyl sites for hydroxylation is 1. The topological polar surface area (TPSA) is 75.7 Å². The third kappa shape index (κ3) is 3.07. The molecule has 2 aromatic carbocycles. The quantitative estimate of drug-likeness (QED) is 0.922. The third-order valence-corrected chi connectivity index (χ3v) is 5.41. The van der Waals surface area contributed by atoms with Crippen molar-refractivity contribution in [3.8, 4) is 5.75 Å². The van der Waals surface area contributed by atoms with Crippen molar-refractivity contribution in [2.45, 2.75) is 17.7 Å². The molecule has 0 aromatic heterocycles. The van der Waals surface area contributed by atoms with E-state index in [2.05, 4.69) is 4.72 Å². The van der Waals surface area contributed by atoms with E-state index in [0.717, 1.165) is 11.3 Å². The molecule has 7 heteroatoms. The highest BCUT2D eigenvalue weighted by Crippen LogP contribution is 2.30. The molecular formula is C17H18N2O4S. The maximum atomic E-state index is 12.5. The van der Waals surface area contributed by atoms with Gasteiger partial charge in [-0.1, -0.05) is 6.07 Å². The molecule has 1 amide bonds. The Labute approximate surface area is 141 Å². The molecule has 6 nitrogen and oxygen atoms in total. The molecule has 0 atom stereocenters. The van der Waals surface area contributed by atoms with Crippen LogP contribution in [0.3, 0.4) is 0 Å². The number of rotatable bonds is 4. The molecule has 0 saturated carbocycles. The first-order valence-electron chi connectivity index (χ1n) is 7.47. The Morgan fingerprint density at radius 3 is 2.67 bits per heavy atom. The van der Waals surface area contributed by atoms with Gasteiger partial charge in [-0.15, -0.1) is 0 Å². The zero-order chi connectivity index (χ0) is 17.3. The second-order valence-corrected chi connectivity index (χ2v) is 7.26. The lowest BCUT2D eigenvalue weighted by Gasteiger charge is -2.26.